The van der Waals surface area contributed by atoms with Crippen LogP contribution in [0.25, 0.3) is 0 Å². The van der Waals surface area contributed by atoms with Crippen LogP contribution in [0.1, 0.15) is 22.8 Å². The van der Waals surface area contributed by atoms with Gasteiger partial charge in [0.2, 0.25) is 5.95 Å². The Hall–Kier alpha value is -3.71. The second kappa shape index (κ2) is 11.4. The number of allylic oxidation sites excluding steroid dienone is 1. The highest BCUT2D eigenvalue weighted by Crippen LogP contribution is 2.24. The van der Waals surface area contributed by atoms with Gasteiger partial charge in [0, 0.05) is 51.2 Å². The van der Waals surface area contributed by atoms with Gasteiger partial charge < -0.3 is 20.0 Å². The summed E-state index contributed by atoms with van der Waals surface area (Å²) in [6, 6.07) is 19.8. The Labute approximate surface area is 201 Å². The van der Waals surface area contributed by atoms with E-state index in [9.17, 15) is 4.79 Å². The summed E-state index contributed by atoms with van der Waals surface area (Å²) in [6.07, 6.45) is 5.62. The van der Waals surface area contributed by atoms with Crippen molar-refractivity contribution in [3.8, 4) is 0 Å². The Morgan fingerprint density at radius 3 is 2.38 bits per heavy atom. The van der Waals surface area contributed by atoms with E-state index < -0.39 is 0 Å². The monoisotopic (exact) mass is 456 g/mol. The van der Waals surface area contributed by atoms with E-state index in [1.54, 1.807) is 6.20 Å². The van der Waals surface area contributed by atoms with Crippen LogP contribution in [0.5, 0.6) is 0 Å². The average Bonchev–Trinajstić information content (AvgIpc) is 2.88. The van der Waals surface area contributed by atoms with E-state index in [0.29, 0.717) is 30.4 Å². The molecule has 1 saturated heterocycles. The molecule has 7 nitrogen and oxygen atoms in total. The Bertz CT molecular complexity index is 1090. The molecule has 4 rings (SSSR count). The molecule has 1 N–H and O–H groups in total. The highest BCUT2D eigenvalue weighted by molar-refractivity contribution is 5.99. The van der Waals surface area contributed by atoms with Crippen LogP contribution < -0.4 is 10.2 Å². The minimum Gasteiger partial charge on any atom is -0.339 e. The number of nitrogens with zero attached hydrogens (tertiary/aromatic N) is 5. The van der Waals surface area contributed by atoms with E-state index in [2.05, 4.69) is 27.1 Å². The smallest absolute Gasteiger partial charge is 0.259 e. The van der Waals surface area contributed by atoms with Gasteiger partial charge in [-0.25, -0.2) is 4.98 Å². The van der Waals surface area contributed by atoms with Crippen molar-refractivity contribution in [1.82, 2.24) is 19.8 Å². The third kappa shape index (κ3) is 5.99. The number of likely N-dealkylation sites (N-methyl/N-ethyl adjacent to an activating group) is 1. The number of aromatic nitrogens is 2. The molecule has 7 heteroatoms. The van der Waals surface area contributed by atoms with Gasteiger partial charge in [0.1, 0.15) is 11.4 Å². The van der Waals surface area contributed by atoms with Crippen molar-refractivity contribution in [3.63, 3.8) is 0 Å². The molecule has 1 aromatic heterocycles. The SMILES string of the molecule is C/C=C/CN(Cc1ccccc1)C(=O)c1cnc(N2CCN(C)CC2)nc1Nc1ccccc1. The third-order valence-corrected chi connectivity index (χ3v) is 5.89. The molecule has 34 heavy (non-hydrogen) atoms. The highest BCUT2D eigenvalue weighted by atomic mass is 16.2. The molecule has 0 spiro atoms. The summed E-state index contributed by atoms with van der Waals surface area (Å²) >= 11 is 0. The largest absolute Gasteiger partial charge is 0.339 e. The van der Waals surface area contributed by atoms with Gasteiger partial charge in [0.25, 0.3) is 5.91 Å². The molecule has 1 amide bonds. The van der Waals surface area contributed by atoms with Crippen molar-refractivity contribution in [2.45, 2.75) is 13.5 Å². The van der Waals surface area contributed by atoms with Crippen molar-refractivity contribution in [1.29, 1.82) is 0 Å². The summed E-state index contributed by atoms with van der Waals surface area (Å²) < 4.78 is 0. The zero-order valence-electron chi connectivity index (χ0n) is 19.9. The summed E-state index contributed by atoms with van der Waals surface area (Å²) in [4.78, 5) is 29.5. The number of nitrogens with one attached hydrogen (secondary N) is 1. The number of hydrogen-bond acceptors (Lipinski definition) is 6. The number of carbonyl (C=O) groups is 1. The normalized spacial score (nSPS) is 14.4. The van der Waals surface area contributed by atoms with Gasteiger partial charge in [-0.05, 0) is 31.7 Å². The van der Waals surface area contributed by atoms with E-state index in [4.69, 9.17) is 4.98 Å². The third-order valence-electron chi connectivity index (χ3n) is 5.89. The summed E-state index contributed by atoms with van der Waals surface area (Å²) in [5, 5.41) is 3.36. The van der Waals surface area contributed by atoms with Gasteiger partial charge >= 0.3 is 0 Å². The van der Waals surface area contributed by atoms with Gasteiger partial charge in [-0.1, -0.05) is 60.7 Å². The molecule has 0 unspecified atom stereocenters. The lowest BCUT2D eigenvalue weighted by atomic mass is 10.2. The van der Waals surface area contributed by atoms with Gasteiger partial charge in [-0.3, -0.25) is 4.79 Å². The molecule has 176 valence electrons. The maximum absolute atomic E-state index is 13.7. The van der Waals surface area contributed by atoms with Crippen molar-refractivity contribution in [3.05, 3.63) is 90.1 Å². The molecule has 0 radical (unpaired) electrons. The Morgan fingerprint density at radius 1 is 1.03 bits per heavy atom. The van der Waals surface area contributed by atoms with Gasteiger partial charge in [-0.2, -0.15) is 4.98 Å². The van der Waals surface area contributed by atoms with Gasteiger partial charge in [0.05, 0.1) is 0 Å². The van der Waals surface area contributed by atoms with Crippen LogP contribution in [0.15, 0.2) is 79.0 Å². The lowest BCUT2D eigenvalue weighted by Gasteiger charge is -2.32. The topological polar surface area (TPSA) is 64.6 Å². The second-order valence-electron chi connectivity index (χ2n) is 8.45. The van der Waals surface area contributed by atoms with Crippen molar-refractivity contribution >= 4 is 23.4 Å². The number of amides is 1. The molecule has 1 aliphatic rings. The minimum absolute atomic E-state index is 0.106. The predicted molar refractivity (Wildman–Crippen MR) is 137 cm³/mol. The molecule has 3 aromatic rings. The number of rotatable bonds is 8. The first-order valence-electron chi connectivity index (χ1n) is 11.7. The van der Waals surface area contributed by atoms with E-state index >= 15 is 0 Å². The maximum Gasteiger partial charge on any atom is 0.259 e. The zero-order valence-corrected chi connectivity index (χ0v) is 19.9. The molecule has 1 fully saturated rings. The molecule has 2 heterocycles. The summed E-state index contributed by atoms with van der Waals surface area (Å²) in [6.45, 7) is 6.61. The van der Waals surface area contributed by atoms with Gasteiger partial charge in [-0.15, -0.1) is 0 Å². The summed E-state index contributed by atoms with van der Waals surface area (Å²) in [5.74, 6) is 1.06. The van der Waals surface area contributed by atoms with E-state index in [0.717, 1.165) is 37.4 Å². The molecule has 2 aromatic carbocycles. The molecule has 1 aliphatic heterocycles. The fraction of sp³-hybridized carbons (Fsp3) is 0.296. The lowest BCUT2D eigenvalue weighted by Crippen LogP contribution is -2.45. The number of carbonyl (C=O) groups excluding carboxylic acids is 1. The van der Waals surface area contributed by atoms with Crippen LogP contribution in [-0.4, -0.2) is 65.4 Å². The van der Waals surface area contributed by atoms with E-state index in [1.807, 2.05) is 84.6 Å². The van der Waals surface area contributed by atoms with E-state index in [1.165, 1.54) is 0 Å². The molecule has 0 atom stereocenters. The van der Waals surface area contributed by atoms with Crippen LogP contribution in [0.4, 0.5) is 17.5 Å². The summed E-state index contributed by atoms with van der Waals surface area (Å²) in [5.41, 5.74) is 2.41. The average molecular weight is 457 g/mol. The Morgan fingerprint density at radius 2 is 1.71 bits per heavy atom. The Kier molecular flexibility index (Phi) is 7.88. The van der Waals surface area contributed by atoms with Crippen LogP contribution in [0.2, 0.25) is 0 Å². The molecular formula is C27H32N6O. The molecular weight excluding hydrogens is 424 g/mol. The first kappa shape index (κ1) is 23.4. The van der Waals surface area contributed by atoms with Gasteiger partial charge in [0.15, 0.2) is 0 Å². The second-order valence-corrected chi connectivity index (χ2v) is 8.45. The number of para-hydroxylation sites is 1. The lowest BCUT2D eigenvalue weighted by molar-refractivity contribution is 0.0763. The summed E-state index contributed by atoms with van der Waals surface area (Å²) in [7, 11) is 2.12. The Balaban J connectivity index is 1.66. The van der Waals surface area contributed by atoms with Crippen LogP contribution >= 0.6 is 0 Å². The standard InChI is InChI=1S/C27H32N6O/c1-3-4-15-33(21-22-11-7-5-8-12-22)26(34)24-20-28-27(32-18-16-31(2)17-19-32)30-25(24)29-23-13-9-6-10-14-23/h3-14,20H,15-19,21H2,1-2H3,(H,28,29,30)/b4-3+. The highest BCUT2D eigenvalue weighted by Gasteiger charge is 2.23. The van der Waals surface area contributed by atoms with Crippen molar-refractivity contribution in [2.75, 3.05) is 50.0 Å². The predicted octanol–water partition coefficient (Wildman–Crippen LogP) is 4.19. The number of piperazine rings is 1. The first-order chi connectivity index (χ1) is 16.6. The molecule has 0 aliphatic carbocycles. The first-order valence-corrected chi connectivity index (χ1v) is 11.7. The number of hydrogen-bond donors (Lipinski definition) is 1. The zero-order chi connectivity index (χ0) is 23.8. The minimum atomic E-state index is -0.106. The number of benzene rings is 2. The van der Waals surface area contributed by atoms with E-state index in [-0.39, 0.29) is 5.91 Å². The fourth-order valence-electron chi connectivity index (χ4n) is 3.87. The van der Waals surface area contributed by atoms with Crippen LogP contribution in [-0.2, 0) is 6.54 Å². The van der Waals surface area contributed by atoms with Crippen molar-refractivity contribution < 1.29 is 4.79 Å². The fourth-order valence-corrected chi connectivity index (χ4v) is 3.87. The molecule has 0 saturated carbocycles. The molecule has 0 bridgehead atoms. The quantitative estimate of drug-likeness (QED) is 0.513. The maximum atomic E-state index is 13.7. The van der Waals surface area contributed by atoms with Crippen LogP contribution in [0.3, 0.4) is 0 Å². The van der Waals surface area contributed by atoms with Crippen LogP contribution in [0, 0.1) is 0 Å². The van der Waals surface area contributed by atoms with Crippen molar-refractivity contribution in [2.24, 2.45) is 0 Å². The number of anilines is 3.